The summed E-state index contributed by atoms with van der Waals surface area (Å²) >= 11 is 1.44. The smallest absolute Gasteiger partial charge is 0.337 e. The van der Waals surface area contributed by atoms with Gasteiger partial charge in [-0.05, 0) is 24.3 Å². The van der Waals surface area contributed by atoms with E-state index in [1.165, 1.54) is 24.8 Å². The van der Waals surface area contributed by atoms with Crippen LogP contribution in [0.4, 0.5) is 28.1 Å². The fourth-order valence-corrected chi connectivity index (χ4v) is 2.45. The summed E-state index contributed by atoms with van der Waals surface area (Å²) in [5.74, 6) is 0.529. The summed E-state index contributed by atoms with van der Waals surface area (Å²) in [6.45, 7) is 0. The predicted molar refractivity (Wildman–Crippen MR) is 92.9 cm³/mol. The Labute approximate surface area is 141 Å². The normalized spacial score (nSPS) is 10.2. The Bertz CT molecular complexity index is 836. The highest BCUT2D eigenvalue weighted by Gasteiger charge is 2.10. The van der Waals surface area contributed by atoms with Crippen LogP contribution in [-0.4, -0.2) is 28.0 Å². The number of anilines is 5. The third-order valence-electron chi connectivity index (χ3n) is 3.11. The zero-order chi connectivity index (χ0) is 16.9. The van der Waals surface area contributed by atoms with Gasteiger partial charge in [-0.15, -0.1) is 11.3 Å². The summed E-state index contributed by atoms with van der Waals surface area (Å²) in [6, 6.07) is 6.78. The number of aromatic nitrogens is 3. The van der Waals surface area contributed by atoms with Crippen LogP contribution in [0.1, 0.15) is 10.4 Å². The summed E-state index contributed by atoms with van der Waals surface area (Å²) < 4.78 is 4.67. The van der Waals surface area contributed by atoms with Crippen LogP contribution in [0.25, 0.3) is 0 Å². The van der Waals surface area contributed by atoms with Crippen molar-refractivity contribution in [3.63, 3.8) is 0 Å². The Morgan fingerprint density at radius 3 is 2.46 bits per heavy atom. The van der Waals surface area contributed by atoms with E-state index >= 15 is 0 Å². The van der Waals surface area contributed by atoms with Gasteiger partial charge in [0.25, 0.3) is 0 Å². The summed E-state index contributed by atoms with van der Waals surface area (Å²) in [5, 5.41) is 8.67. The molecule has 24 heavy (non-hydrogen) atoms. The van der Waals surface area contributed by atoms with Crippen molar-refractivity contribution in [3.8, 4) is 0 Å². The van der Waals surface area contributed by atoms with Crippen LogP contribution in [-0.2, 0) is 4.74 Å². The maximum Gasteiger partial charge on any atom is 0.337 e. The molecule has 4 N–H and O–H groups in total. The van der Waals surface area contributed by atoms with Crippen LogP contribution >= 0.6 is 11.3 Å². The van der Waals surface area contributed by atoms with Crippen molar-refractivity contribution < 1.29 is 9.53 Å². The second-order valence-electron chi connectivity index (χ2n) is 4.64. The largest absolute Gasteiger partial charge is 0.465 e. The molecular weight excluding hydrogens is 328 g/mol. The van der Waals surface area contributed by atoms with E-state index in [0.29, 0.717) is 28.0 Å². The third kappa shape index (κ3) is 3.41. The number of carbonyl (C=O) groups is 1. The lowest BCUT2D eigenvalue weighted by molar-refractivity contribution is 0.0601. The highest BCUT2D eigenvalue weighted by Crippen LogP contribution is 2.28. The van der Waals surface area contributed by atoms with E-state index in [2.05, 4.69) is 30.3 Å². The monoisotopic (exact) mass is 342 g/mol. The lowest BCUT2D eigenvalue weighted by Crippen LogP contribution is -2.05. The molecule has 0 unspecified atom stereocenters. The van der Waals surface area contributed by atoms with Crippen molar-refractivity contribution in [1.29, 1.82) is 0 Å². The van der Waals surface area contributed by atoms with Crippen LogP contribution in [0.5, 0.6) is 0 Å². The van der Waals surface area contributed by atoms with Gasteiger partial charge in [-0.25, -0.2) is 19.7 Å². The fraction of sp³-hybridized carbons (Fsp3) is 0.0667. The molecule has 0 aliphatic heterocycles. The van der Waals surface area contributed by atoms with Gasteiger partial charge in [0.15, 0.2) is 16.8 Å². The highest BCUT2D eigenvalue weighted by atomic mass is 32.1. The van der Waals surface area contributed by atoms with Gasteiger partial charge in [-0.2, -0.15) is 0 Å². The average Bonchev–Trinajstić information content (AvgIpc) is 3.11. The topological polar surface area (TPSA) is 115 Å². The number of benzene rings is 1. The summed E-state index contributed by atoms with van der Waals surface area (Å²) in [4.78, 5) is 23.8. The Morgan fingerprint density at radius 2 is 1.83 bits per heavy atom. The maximum atomic E-state index is 11.4. The van der Waals surface area contributed by atoms with E-state index in [-0.39, 0.29) is 0 Å². The Kier molecular flexibility index (Phi) is 4.52. The number of carbonyl (C=O) groups excluding carboxylic acids is 1. The number of esters is 1. The second-order valence-corrected chi connectivity index (χ2v) is 5.54. The molecule has 122 valence electrons. The number of nitrogens with zero attached hydrogens (tertiary/aromatic N) is 3. The first kappa shape index (κ1) is 15.7. The SMILES string of the molecule is COC(=O)c1ccc(Nc2ncnc(Nc3nccs3)c2N)cc1. The molecule has 0 atom stereocenters. The molecule has 0 aliphatic carbocycles. The standard InChI is InChI=1S/C15H14N6O2S/c1-23-14(22)9-2-4-10(5-3-9)20-12-11(16)13(19-8-18-12)21-15-17-6-7-24-15/h2-8H,16H2,1H3,(H2,17,18,19,20,21). The maximum absolute atomic E-state index is 11.4. The predicted octanol–water partition coefficient (Wildman–Crippen LogP) is 2.79. The number of hydrogen-bond donors (Lipinski definition) is 3. The average molecular weight is 342 g/mol. The van der Waals surface area contributed by atoms with E-state index in [1.54, 1.807) is 30.5 Å². The molecule has 3 rings (SSSR count). The summed E-state index contributed by atoms with van der Waals surface area (Å²) in [6.07, 6.45) is 3.09. The fourth-order valence-electron chi connectivity index (χ4n) is 1.93. The number of hydrogen-bond acceptors (Lipinski definition) is 9. The van der Waals surface area contributed by atoms with Crippen LogP contribution < -0.4 is 16.4 Å². The van der Waals surface area contributed by atoms with Crippen molar-refractivity contribution in [2.45, 2.75) is 0 Å². The zero-order valence-corrected chi connectivity index (χ0v) is 13.5. The Morgan fingerprint density at radius 1 is 1.12 bits per heavy atom. The van der Waals surface area contributed by atoms with Gasteiger partial charge < -0.3 is 21.1 Å². The van der Waals surface area contributed by atoms with Gasteiger partial charge in [-0.1, -0.05) is 0 Å². The molecule has 8 nitrogen and oxygen atoms in total. The number of ether oxygens (including phenoxy) is 1. The lowest BCUT2D eigenvalue weighted by Gasteiger charge is -2.11. The first-order valence-corrected chi connectivity index (χ1v) is 7.77. The van der Waals surface area contributed by atoms with E-state index in [1.807, 2.05) is 5.38 Å². The van der Waals surface area contributed by atoms with E-state index in [9.17, 15) is 4.79 Å². The second kappa shape index (κ2) is 6.92. The molecule has 0 amide bonds. The van der Waals surface area contributed by atoms with Gasteiger partial charge in [-0.3, -0.25) is 0 Å². The van der Waals surface area contributed by atoms with Gasteiger partial charge >= 0.3 is 5.97 Å². The van der Waals surface area contributed by atoms with Crippen molar-refractivity contribution >= 4 is 45.4 Å². The molecule has 0 radical (unpaired) electrons. The van der Waals surface area contributed by atoms with Crippen molar-refractivity contribution in [3.05, 3.63) is 47.7 Å². The third-order valence-corrected chi connectivity index (χ3v) is 3.80. The lowest BCUT2D eigenvalue weighted by atomic mass is 10.2. The van der Waals surface area contributed by atoms with E-state index in [0.717, 1.165) is 5.69 Å². The van der Waals surface area contributed by atoms with Crippen LogP contribution in [0.15, 0.2) is 42.2 Å². The van der Waals surface area contributed by atoms with E-state index in [4.69, 9.17) is 5.73 Å². The minimum absolute atomic E-state index is 0.366. The van der Waals surface area contributed by atoms with Gasteiger partial charge in [0.2, 0.25) is 0 Å². The Balaban J connectivity index is 1.79. The molecule has 2 heterocycles. The van der Waals surface area contributed by atoms with Crippen LogP contribution in [0.2, 0.25) is 0 Å². The first-order valence-electron chi connectivity index (χ1n) is 6.90. The van der Waals surface area contributed by atoms with Gasteiger partial charge in [0, 0.05) is 17.3 Å². The minimum atomic E-state index is -0.391. The van der Waals surface area contributed by atoms with Crippen molar-refractivity contribution in [2.24, 2.45) is 0 Å². The molecule has 0 spiro atoms. The molecular formula is C15H14N6O2S. The number of rotatable bonds is 5. The number of methoxy groups -OCH3 is 1. The molecule has 0 fully saturated rings. The molecule has 0 saturated heterocycles. The van der Waals surface area contributed by atoms with E-state index < -0.39 is 5.97 Å². The molecule has 1 aromatic carbocycles. The minimum Gasteiger partial charge on any atom is -0.465 e. The van der Waals surface area contributed by atoms with Crippen LogP contribution in [0, 0.1) is 0 Å². The highest BCUT2D eigenvalue weighted by molar-refractivity contribution is 7.13. The Hall–Kier alpha value is -3.20. The molecule has 0 bridgehead atoms. The molecule has 2 aromatic heterocycles. The summed E-state index contributed by atoms with van der Waals surface area (Å²) in [5.41, 5.74) is 7.66. The molecule has 9 heteroatoms. The summed E-state index contributed by atoms with van der Waals surface area (Å²) in [7, 11) is 1.34. The molecule has 0 aliphatic rings. The molecule has 0 saturated carbocycles. The number of thiazole rings is 1. The first-order chi connectivity index (χ1) is 11.7. The zero-order valence-electron chi connectivity index (χ0n) is 12.7. The number of nitrogen functional groups attached to an aromatic ring is 1. The van der Waals surface area contributed by atoms with Crippen LogP contribution in [0.3, 0.4) is 0 Å². The van der Waals surface area contributed by atoms with Gasteiger partial charge in [0.05, 0.1) is 12.7 Å². The quantitative estimate of drug-likeness (QED) is 0.606. The van der Waals surface area contributed by atoms with Crippen molar-refractivity contribution in [2.75, 3.05) is 23.5 Å². The number of nitrogens with two attached hydrogens (primary N) is 1. The number of nitrogens with one attached hydrogen (secondary N) is 2. The van der Waals surface area contributed by atoms with Gasteiger partial charge in [0.1, 0.15) is 12.0 Å². The molecule has 3 aromatic rings. The van der Waals surface area contributed by atoms with Crippen molar-refractivity contribution in [1.82, 2.24) is 15.0 Å².